The highest BCUT2D eigenvalue weighted by Gasteiger charge is 2.41. The van der Waals surface area contributed by atoms with Crippen LogP contribution in [0.25, 0.3) is 0 Å². The number of pyridine rings is 1. The predicted octanol–water partition coefficient (Wildman–Crippen LogP) is 1.89. The molecular weight excluding hydrogens is 284 g/mol. The molecule has 0 saturated carbocycles. The van der Waals surface area contributed by atoms with E-state index < -0.39 is 0 Å². The van der Waals surface area contributed by atoms with Crippen LogP contribution in [0.1, 0.15) is 29.8 Å². The molecule has 17 heavy (non-hydrogen) atoms. The summed E-state index contributed by atoms with van der Waals surface area (Å²) in [6, 6.07) is 3.76. The van der Waals surface area contributed by atoms with E-state index in [1.807, 2.05) is 6.07 Å². The number of rotatable bonds is 2. The maximum atomic E-state index is 12.0. The Hall–Kier alpha value is -0.940. The minimum Gasteiger partial charge on any atom is -0.373 e. The Morgan fingerprint density at radius 1 is 1.53 bits per heavy atom. The largest absolute Gasteiger partial charge is 0.373 e. The fourth-order valence-corrected chi connectivity index (χ4v) is 3.01. The van der Waals surface area contributed by atoms with Crippen LogP contribution in [-0.4, -0.2) is 29.1 Å². The summed E-state index contributed by atoms with van der Waals surface area (Å²) >= 11 is 3.33. The fourth-order valence-electron chi connectivity index (χ4n) is 2.58. The number of fused-ring (bicyclic) bond motifs is 2. The third-order valence-electron chi connectivity index (χ3n) is 3.40. The normalized spacial score (nSPS) is 30.5. The van der Waals surface area contributed by atoms with Crippen LogP contribution in [0.15, 0.2) is 22.8 Å². The monoisotopic (exact) mass is 296 g/mol. The van der Waals surface area contributed by atoms with E-state index in [0.717, 1.165) is 23.7 Å². The molecule has 2 aliphatic rings. The van der Waals surface area contributed by atoms with Crippen LogP contribution in [0.3, 0.4) is 0 Å². The zero-order chi connectivity index (χ0) is 11.8. The van der Waals surface area contributed by atoms with Crippen LogP contribution in [0.2, 0.25) is 0 Å². The molecule has 0 spiro atoms. The molecule has 5 heteroatoms. The molecule has 3 atom stereocenters. The number of nitrogens with zero attached hydrogens (tertiary/aromatic N) is 1. The number of carbonyl (C=O) groups excluding carboxylic acids is 1. The van der Waals surface area contributed by atoms with Crippen LogP contribution in [-0.2, 0) is 4.74 Å². The molecule has 2 saturated heterocycles. The van der Waals surface area contributed by atoms with Gasteiger partial charge in [0.25, 0.3) is 5.91 Å². The molecule has 2 aliphatic heterocycles. The van der Waals surface area contributed by atoms with Crippen LogP contribution < -0.4 is 5.32 Å². The van der Waals surface area contributed by atoms with E-state index in [9.17, 15) is 4.79 Å². The van der Waals surface area contributed by atoms with Gasteiger partial charge >= 0.3 is 0 Å². The first kappa shape index (κ1) is 11.2. The van der Waals surface area contributed by atoms with Gasteiger partial charge in [0.1, 0.15) is 5.69 Å². The fraction of sp³-hybridized carbons (Fsp3) is 0.500. The Kier molecular flexibility index (Phi) is 2.88. The second-order valence-electron chi connectivity index (χ2n) is 4.52. The molecule has 90 valence electrons. The third kappa shape index (κ3) is 2.09. The highest BCUT2D eigenvalue weighted by molar-refractivity contribution is 9.10. The molecule has 3 heterocycles. The first-order valence-corrected chi connectivity index (χ1v) is 6.60. The summed E-state index contributed by atoms with van der Waals surface area (Å²) in [5.74, 6) is -0.126. The van der Waals surface area contributed by atoms with E-state index in [1.165, 1.54) is 0 Å². The zero-order valence-electron chi connectivity index (χ0n) is 9.23. The predicted molar refractivity (Wildman–Crippen MR) is 65.7 cm³/mol. The van der Waals surface area contributed by atoms with Crippen LogP contribution in [0, 0.1) is 0 Å². The molecule has 0 aliphatic carbocycles. The van der Waals surface area contributed by atoms with Crippen LogP contribution >= 0.6 is 15.9 Å². The van der Waals surface area contributed by atoms with Gasteiger partial charge in [0.05, 0.1) is 18.2 Å². The van der Waals surface area contributed by atoms with Gasteiger partial charge in [0.15, 0.2) is 0 Å². The maximum Gasteiger partial charge on any atom is 0.271 e. The van der Waals surface area contributed by atoms with Crippen molar-refractivity contribution in [2.45, 2.75) is 37.5 Å². The van der Waals surface area contributed by atoms with Gasteiger partial charge in [-0.3, -0.25) is 4.79 Å². The van der Waals surface area contributed by atoms with Gasteiger partial charge in [-0.1, -0.05) is 0 Å². The molecular formula is C12H13BrN2O2. The standard InChI is InChI=1S/C12H13BrN2O2/c13-8-2-1-5-14-11(8)12(16)15-9-6-7-3-4-10(9)17-7/h1-2,5,7,9-10H,3-4,6H2,(H,15,16). The van der Waals surface area contributed by atoms with Crippen molar-refractivity contribution in [1.82, 2.24) is 10.3 Å². The quantitative estimate of drug-likeness (QED) is 0.907. The van der Waals surface area contributed by atoms with Gasteiger partial charge in [0, 0.05) is 10.7 Å². The molecule has 0 radical (unpaired) electrons. The summed E-state index contributed by atoms with van der Waals surface area (Å²) in [6.45, 7) is 0. The SMILES string of the molecule is O=C(NC1CC2CCC1O2)c1ncccc1Br. The van der Waals surface area contributed by atoms with Crippen LogP contribution in [0.5, 0.6) is 0 Å². The molecule has 2 fully saturated rings. The van der Waals surface area contributed by atoms with E-state index in [1.54, 1.807) is 12.3 Å². The minimum atomic E-state index is -0.126. The lowest BCUT2D eigenvalue weighted by molar-refractivity contribution is 0.0837. The van der Waals surface area contributed by atoms with Crippen molar-refractivity contribution >= 4 is 21.8 Å². The molecule has 1 amide bonds. The van der Waals surface area contributed by atoms with E-state index in [4.69, 9.17) is 4.74 Å². The number of nitrogens with one attached hydrogen (secondary N) is 1. The smallest absolute Gasteiger partial charge is 0.271 e. The summed E-state index contributed by atoms with van der Waals surface area (Å²) < 4.78 is 6.43. The number of hydrogen-bond acceptors (Lipinski definition) is 3. The third-order valence-corrected chi connectivity index (χ3v) is 4.04. The van der Waals surface area contributed by atoms with Gasteiger partial charge in [0.2, 0.25) is 0 Å². The van der Waals surface area contributed by atoms with Crippen LogP contribution in [0.4, 0.5) is 0 Å². The summed E-state index contributed by atoms with van der Waals surface area (Å²) in [7, 11) is 0. The van der Waals surface area contributed by atoms with E-state index >= 15 is 0 Å². The molecule has 4 nitrogen and oxygen atoms in total. The summed E-state index contributed by atoms with van der Waals surface area (Å²) in [6.07, 6.45) is 5.28. The zero-order valence-corrected chi connectivity index (χ0v) is 10.8. The summed E-state index contributed by atoms with van der Waals surface area (Å²) in [4.78, 5) is 16.1. The van der Waals surface area contributed by atoms with Crippen molar-refractivity contribution in [3.05, 3.63) is 28.5 Å². The lowest BCUT2D eigenvalue weighted by Gasteiger charge is -2.19. The Morgan fingerprint density at radius 2 is 2.41 bits per heavy atom. The lowest BCUT2D eigenvalue weighted by atomic mass is 9.95. The highest BCUT2D eigenvalue weighted by Crippen LogP contribution is 2.34. The highest BCUT2D eigenvalue weighted by atomic mass is 79.9. The molecule has 1 aromatic rings. The van der Waals surface area contributed by atoms with Gasteiger partial charge in [-0.25, -0.2) is 4.98 Å². The minimum absolute atomic E-state index is 0.126. The number of amides is 1. The molecule has 3 rings (SSSR count). The second kappa shape index (κ2) is 4.38. The second-order valence-corrected chi connectivity index (χ2v) is 5.38. The van der Waals surface area contributed by atoms with Crippen molar-refractivity contribution in [2.75, 3.05) is 0 Å². The average molecular weight is 297 g/mol. The molecule has 0 aromatic carbocycles. The maximum absolute atomic E-state index is 12.0. The van der Waals surface area contributed by atoms with E-state index in [2.05, 4.69) is 26.2 Å². The van der Waals surface area contributed by atoms with Crippen molar-refractivity contribution < 1.29 is 9.53 Å². The van der Waals surface area contributed by atoms with Gasteiger partial charge in [-0.05, 0) is 47.3 Å². The number of hydrogen-bond donors (Lipinski definition) is 1. The molecule has 2 bridgehead atoms. The molecule has 1 N–H and O–H groups in total. The van der Waals surface area contributed by atoms with Gasteiger partial charge in [-0.2, -0.15) is 0 Å². The topological polar surface area (TPSA) is 51.2 Å². The van der Waals surface area contributed by atoms with Crippen molar-refractivity contribution in [1.29, 1.82) is 0 Å². The first-order chi connectivity index (χ1) is 8.24. The summed E-state index contributed by atoms with van der Waals surface area (Å²) in [5.41, 5.74) is 0.440. The molecule has 3 unspecified atom stereocenters. The average Bonchev–Trinajstić information content (AvgIpc) is 2.91. The Bertz CT molecular complexity index is 452. The number of carbonyl (C=O) groups is 1. The van der Waals surface area contributed by atoms with Crippen molar-refractivity contribution in [3.63, 3.8) is 0 Å². The first-order valence-electron chi connectivity index (χ1n) is 5.81. The van der Waals surface area contributed by atoms with Crippen molar-refractivity contribution in [2.24, 2.45) is 0 Å². The number of aromatic nitrogens is 1. The Morgan fingerprint density at radius 3 is 3.06 bits per heavy atom. The lowest BCUT2D eigenvalue weighted by Crippen LogP contribution is -2.41. The van der Waals surface area contributed by atoms with Crippen molar-refractivity contribution in [3.8, 4) is 0 Å². The number of ether oxygens (including phenoxy) is 1. The Balaban J connectivity index is 1.70. The Labute approximate surface area is 108 Å². The van der Waals surface area contributed by atoms with Gasteiger partial charge < -0.3 is 10.1 Å². The van der Waals surface area contributed by atoms with E-state index in [-0.39, 0.29) is 18.1 Å². The van der Waals surface area contributed by atoms with E-state index in [0.29, 0.717) is 11.8 Å². The molecule has 1 aromatic heterocycles. The van der Waals surface area contributed by atoms with Gasteiger partial charge in [-0.15, -0.1) is 0 Å². The number of halogens is 1. The summed E-state index contributed by atoms with van der Waals surface area (Å²) in [5, 5.41) is 3.01.